The molecule has 0 amide bonds. The predicted molar refractivity (Wildman–Crippen MR) is 126 cm³/mol. The van der Waals surface area contributed by atoms with E-state index in [0.29, 0.717) is 18.0 Å². The number of benzene rings is 2. The smallest absolute Gasteiger partial charge is 0.176 e. The molecule has 0 aliphatic rings. The van der Waals surface area contributed by atoms with Gasteiger partial charge in [-0.3, -0.25) is 4.79 Å². The summed E-state index contributed by atoms with van der Waals surface area (Å²) in [6, 6.07) is 20.9. The lowest BCUT2D eigenvalue weighted by Gasteiger charge is -2.07. The number of unbranched alkanes of at least 4 members (excludes halogenated alkanes) is 2. The summed E-state index contributed by atoms with van der Waals surface area (Å²) in [5, 5.41) is 0. The molecule has 0 aliphatic carbocycles. The van der Waals surface area contributed by atoms with Crippen LogP contribution < -0.4 is 0 Å². The highest BCUT2D eigenvalue weighted by molar-refractivity contribution is 6.39. The summed E-state index contributed by atoms with van der Waals surface area (Å²) in [6.45, 7) is 5.87. The molecule has 0 fully saturated rings. The van der Waals surface area contributed by atoms with Gasteiger partial charge in [-0.2, -0.15) is 0 Å². The number of hydrogen-bond donors (Lipinski definition) is 0. The van der Waals surface area contributed by atoms with Crippen molar-refractivity contribution < 1.29 is 4.79 Å². The molecule has 0 saturated heterocycles. The van der Waals surface area contributed by atoms with Crippen LogP contribution in [0.5, 0.6) is 0 Å². The van der Waals surface area contributed by atoms with Crippen LogP contribution in [0.1, 0.15) is 49.3 Å². The Morgan fingerprint density at radius 3 is 2.43 bits per heavy atom. The number of Topliss-reactive ketones (excluding diaryl/α,β-unsaturated/α-hetero) is 1. The molecule has 154 valence electrons. The first kappa shape index (κ1) is 21.6. The maximum absolute atomic E-state index is 12.5. The Kier molecular flexibility index (Phi) is 7.67. The number of pyridine rings is 1. The van der Waals surface area contributed by atoms with Gasteiger partial charge in [0, 0.05) is 18.2 Å². The van der Waals surface area contributed by atoms with Crippen LogP contribution >= 0.6 is 0 Å². The van der Waals surface area contributed by atoms with E-state index in [1.54, 1.807) is 6.92 Å². The van der Waals surface area contributed by atoms with Crippen molar-refractivity contribution in [1.82, 2.24) is 4.98 Å². The van der Waals surface area contributed by atoms with Crippen LogP contribution in [0.3, 0.4) is 0 Å². The number of aliphatic imine (C=N–C) groups is 1. The van der Waals surface area contributed by atoms with Crippen molar-refractivity contribution in [2.45, 2.75) is 52.9 Å². The van der Waals surface area contributed by atoms with Gasteiger partial charge in [0.2, 0.25) is 0 Å². The molecule has 3 rings (SSSR count). The maximum Gasteiger partial charge on any atom is 0.176 e. The van der Waals surface area contributed by atoms with Gasteiger partial charge in [0.15, 0.2) is 11.6 Å². The predicted octanol–water partition coefficient (Wildman–Crippen LogP) is 6.83. The van der Waals surface area contributed by atoms with Gasteiger partial charge in [-0.25, -0.2) is 9.98 Å². The second-order valence-corrected chi connectivity index (χ2v) is 7.90. The van der Waals surface area contributed by atoms with Crippen molar-refractivity contribution in [1.29, 1.82) is 0 Å². The quantitative estimate of drug-likeness (QED) is 0.293. The summed E-state index contributed by atoms with van der Waals surface area (Å²) in [5.74, 6) is 0.736. The van der Waals surface area contributed by atoms with Gasteiger partial charge in [-0.05, 0) is 62.8 Å². The van der Waals surface area contributed by atoms with Crippen molar-refractivity contribution >= 4 is 17.3 Å². The number of nitrogens with zero attached hydrogens (tertiary/aromatic N) is 2. The fourth-order valence-electron chi connectivity index (χ4n) is 3.51. The molecule has 3 nitrogen and oxygen atoms in total. The van der Waals surface area contributed by atoms with Crippen LogP contribution in [0, 0.1) is 13.8 Å². The standard InChI is InChI=1S/C27H30N2O/c1-20-11-10-15-24(17-20)25-18-21(2)27(28-19-25)29-22(3)26(30)16-9-5-8-14-23-12-6-4-7-13-23/h4,6-7,10-13,15,17-19H,5,8-9,14,16H2,1-3H3. The van der Waals surface area contributed by atoms with E-state index in [-0.39, 0.29) is 5.78 Å². The van der Waals surface area contributed by atoms with Crippen molar-refractivity contribution in [2.75, 3.05) is 0 Å². The minimum absolute atomic E-state index is 0.110. The van der Waals surface area contributed by atoms with Crippen molar-refractivity contribution in [3.63, 3.8) is 0 Å². The molecular formula is C27H30N2O. The molecule has 0 radical (unpaired) electrons. The Hall–Kier alpha value is -3.07. The number of aryl methyl sites for hydroxylation is 3. The zero-order valence-electron chi connectivity index (χ0n) is 18.2. The molecule has 0 atom stereocenters. The molecule has 1 aromatic heterocycles. The average Bonchev–Trinajstić information content (AvgIpc) is 2.75. The third-order valence-electron chi connectivity index (χ3n) is 5.29. The highest BCUT2D eigenvalue weighted by atomic mass is 16.1. The molecule has 1 heterocycles. The van der Waals surface area contributed by atoms with Gasteiger partial charge >= 0.3 is 0 Å². The molecule has 2 aromatic carbocycles. The molecule has 3 heteroatoms. The molecule has 0 bridgehead atoms. The van der Waals surface area contributed by atoms with E-state index in [4.69, 9.17) is 0 Å². The normalized spacial score (nSPS) is 11.5. The highest BCUT2D eigenvalue weighted by Crippen LogP contribution is 2.25. The Bertz CT molecular complexity index is 1020. The second-order valence-electron chi connectivity index (χ2n) is 7.90. The average molecular weight is 399 g/mol. The van der Waals surface area contributed by atoms with E-state index in [1.807, 2.05) is 19.2 Å². The zero-order chi connectivity index (χ0) is 21.3. The number of aromatic nitrogens is 1. The van der Waals surface area contributed by atoms with Crippen LogP contribution in [0.15, 0.2) is 71.9 Å². The molecule has 0 spiro atoms. The first-order valence-electron chi connectivity index (χ1n) is 10.7. The lowest BCUT2D eigenvalue weighted by molar-refractivity contribution is -0.113. The van der Waals surface area contributed by atoms with Gasteiger partial charge < -0.3 is 0 Å². The number of carbonyl (C=O) groups excluding carboxylic acids is 1. The summed E-state index contributed by atoms with van der Waals surface area (Å²) < 4.78 is 0. The molecule has 0 unspecified atom stereocenters. The number of rotatable bonds is 9. The second kappa shape index (κ2) is 10.6. The summed E-state index contributed by atoms with van der Waals surface area (Å²) in [5.41, 5.74) is 6.30. The van der Waals surface area contributed by atoms with Crippen LogP contribution in [-0.4, -0.2) is 16.5 Å². The monoisotopic (exact) mass is 398 g/mol. The fraction of sp³-hybridized carbons (Fsp3) is 0.296. The van der Waals surface area contributed by atoms with Crippen LogP contribution in [0.25, 0.3) is 11.1 Å². The molecule has 30 heavy (non-hydrogen) atoms. The van der Waals surface area contributed by atoms with Gasteiger partial charge in [0.1, 0.15) is 0 Å². The summed E-state index contributed by atoms with van der Waals surface area (Å²) in [7, 11) is 0. The molecule has 0 saturated carbocycles. The van der Waals surface area contributed by atoms with Gasteiger partial charge in [0.05, 0.1) is 5.71 Å². The molecule has 0 aliphatic heterocycles. The Morgan fingerprint density at radius 2 is 1.70 bits per heavy atom. The van der Waals surface area contributed by atoms with Crippen molar-refractivity contribution in [3.05, 3.63) is 83.6 Å². The number of ketones is 1. The van der Waals surface area contributed by atoms with E-state index in [9.17, 15) is 4.79 Å². The van der Waals surface area contributed by atoms with Gasteiger partial charge in [0.25, 0.3) is 0 Å². The first-order chi connectivity index (χ1) is 14.5. The van der Waals surface area contributed by atoms with E-state index in [0.717, 1.165) is 42.4 Å². The third-order valence-corrected chi connectivity index (χ3v) is 5.29. The lowest BCUT2D eigenvalue weighted by atomic mass is 10.0. The Balaban J connectivity index is 1.53. The van der Waals surface area contributed by atoms with Crippen LogP contribution in [0.4, 0.5) is 5.82 Å². The molecule has 3 aromatic rings. The van der Waals surface area contributed by atoms with E-state index >= 15 is 0 Å². The number of hydrogen-bond acceptors (Lipinski definition) is 3. The summed E-state index contributed by atoms with van der Waals surface area (Å²) in [4.78, 5) is 21.5. The van der Waals surface area contributed by atoms with Crippen LogP contribution in [-0.2, 0) is 11.2 Å². The lowest BCUT2D eigenvalue weighted by Crippen LogP contribution is -2.09. The fourth-order valence-corrected chi connectivity index (χ4v) is 3.51. The highest BCUT2D eigenvalue weighted by Gasteiger charge is 2.09. The summed E-state index contributed by atoms with van der Waals surface area (Å²) in [6.07, 6.45) is 6.51. The Labute approximate surface area is 179 Å². The third kappa shape index (κ3) is 6.21. The van der Waals surface area contributed by atoms with Gasteiger partial charge in [-0.1, -0.05) is 66.6 Å². The van der Waals surface area contributed by atoms with Crippen molar-refractivity contribution in [3.8, 4) is 11.1 Å². The first-order valence-corrected chi connectivity index (χ1v) is 10.7. The SMILES string of the molecule is CC(=Nc1ncc(-c2cccc(C)c2)cc1C)C(=O)CCCCCc1ccccc1. The van der Waals surface area contributed by atoms with Gasteiger partial charge in [-0.15, -0.1) is 0 Å². The Morgan fingerprint density at radius 1 is 0.900 bits per heavy atom. The maximum atomic E-state index is 12.5. The zero-order valence-corrected chi connectivity index (χ0v) is 18.2. The van der Waals surface area contributed by atoms with Crippen LogP contribution in [0.2, 0.25) is 0 Å². The number of carbonyl (C=O) groups is 1. The largest absolute Gasteiger partial charge is 0.293 e. The van der Waals surface area contributed by atoms with E-state index < -0.39 is 0 Å². The van der Waals surface area contributed by atoms with E-state index in [2.05, 4.69) is 71.5 Å². The topological polar surface area (TPSA) is 42.3 Å². The van der Waals surface area contributed by atoms with E-state index in [1.165, 1.54) is 11.1 Å². The minimum atomic E-state index is 0.110. The minimum Gasteiger partial charge on any atom is -0.293 e. The molecular weight excluding hydrogens is 368 g/mol. The summed E-state index contributed by atoms with van der Waals surface area (Å²) >= 11 is 0. The van der Waals surface area contributed by atoms with Crippen molar-refractivity contribution in [2.24, 2.45) is 4.99 Å². The molecule has 0 N–H and O–H groups in total.